The predicted molar refractivity (Wildman–Crippen MR) is 79.8 cm³/mol. The largest absolute Gasteiger partial charge is 0.391 e. The number of carbonyl (C=O) groups excluding carboxylic acids is 1. The number of rotatable bonds is 5. The Labute approximate surface area is 124 Å². The highest BCUT2D eigenvalue weighted by Crippen LogP contribution is 2.17. The first-order valence-corrected chi connectivity index (χ1v) is 6.97. The average Bonchev–Trinajstić information content (AvgIpc) is 2.37. The van der Waals surface area contributed by atoms with Crippen LogP contribution in [0.25, 0.3) is 0 Å². The number of hydrogen-bond donors (Lipinski definition) is 3. The van der Waals surface area contributed by atoms with Gasteiger partial charge in [0, 0.05) is 19.3 Å². The topological polar surface area (TPSA) is 74.2 Å². The second kappa shape index (κ2) is 7.45. The molecule has 1 atom stereocenters. The van der Waals surface area contributed by atoms with Crippen molar-refractivity contribution >= 4 is 17.6 Å². The molecule has 1 rings (SSSR count). The summed E-state index contributed by atoms with van der Waals surface area (Å²) >= 11 is 5.69. The first-order chi connectivity index (χ1) is 9.29. The van der Waals surface area contributed by atoms with Crippen molar-refractivity contribution in [2.24, 2.45) is 5.41 Å². The van der Waals surface area contributed by atoms with Crippen LogP contribution < -0.4 is 10.6 Å². The van der Waals surface area contributed by atoms with Crippen molar-refractivity contribution in [1.82, 2.24) is 15.6 Å². The zero-order valence-corrected chi connectivity index (χ0v) is 12.9. The molecule has 0 fully saturated rings. The molecule has 1 heterocycles. The average molecular weight is 300 g/mol. The summed E-state index contributed by atoms with van der Waals surface area (Å²) in [5.74, 6) is 0. The first-order valence-electron chi connectivity index (χ1n) is 6.59. The number of halogens is 1. The van der Waals surface area contributed by atoms with Crippen molar-refractivity contribution in [3.63, 3.8) is 0 Å². The molecule has 0 aliphatic heterocycles. The van der Waals surface area contributed by atoms with Gasteiger partial charge < -0.3 is 15.7 Å². The number of amides is 2. The van der Waals surface area contributed by atoms with Crippen molar-refractivity contribution in [3.05, 3.63) is 29.0 Å². The molecule has 5 nitrogen and oxygen atoms in total. The Balaban J connectivity index is 2.22. The molecule has 0 aliphatic carbocycles. The maximum absolute atomic E-state index is 11.5. The molecule has 0 aromatic carbocycles. The van der Waals surface area contributed by atoms with E-state index < -0.39 is 6.10 Å². The minimum atomic E-state index is -0.575. The number of nitrogens with zero attached hydrogens (tertiary/aromatic N) is 1. The second-order valence-corrected chi connectivity index (χ2v) is 6.15. The molecule has 0 saturated carbocycles. The van der Waals surface area contributed by atoms with Crippen LogP contribution in [0.3, 0.4) is 0 Å². The monoisotopic (exact) mass is 299 g/mol. The number of aliphatic hydroxyl groups excluding tert-OH is 1. The van der Waals surface area contributed by atoms with Crippen molar-refractivity contribution in [2.75, 3.05) is 13.1 Å². The van der Waals surface area contributed by atoms with Crippen molar-refractivity contribution in [1.29, 1.82) is 0 Å². The van der Waals surface area contributed by atoms with E-state index >= 15 is 0 Å². The number of aliphatic hydroxyl groups is 1. The lowest BCUT2D eigenvalue weighted by Crippen LogP contribution is -2.44. The Hall–Kier alpha value is -1.33. The quantitative estimate of drug-likeness (QED) is 0.728. The minimum Gasteiger partial charge on any atom is -0.391 e. The van der Waals surface area contributed by atoms with Crippen LogP contribution >= 0.6 is 11.6 Å². The highest BCUT2D eigenvalue weighted by atomic mass is 35.5. The van der Waals surface area contributed by atoms with Gasteiger partial charge in [-0.15, -0.1) is 0 Å². The van der Waals surface area contributed by atoms with Gasteiger partial charge in [0.25, 0.3) is 0 Å². The molecule has 112 valence electrons. The van der Waals surface area contributed by atoms with Crippen molar-refractivity contribution in [2.45, 2.75) is 33.3 Å². The second-order valence-electron chi connectivity index (χ2n) is 5.76. The third-order valence-electron chi connectivity index (χ3n) is 2.94. The van der Waals surface area contributed by atoms with Gasteiger partial charge in [0.2, 0.25) is 0 Å². The molecule has 20 heavy (non-hydrogen) atoms. The molecule has 3 N–H and O–H groups in total. The zero-order chi connectivity index (χ0) is 15.2. The van der Waals surface area contributed by atoms with Gasteiger partial charge in [-0.3, -0.25) is 0 Å². The molecule has 6 heteroatoms. The van der Waals surface area contributed by atoms with Crippen molar-refractivity contribution in [3.8, 4) is 0 Å². The highest BCUT2D eigenvalue weighted by molar-refractivity contribution is 6.29. The van der Waals surface area contributed by atoms with Gasteiger partial charge in [0.15, 0.2) is 0 Å². The summed E-state index contributed by atoms with van der Waals surface area (Å²) in [6.07, 6.45) is 1.79. The summed E-state index contributed by atoms with van der Waals surface area (Å²) in [6, 6.07) is 3.31. The lowest BCUT2D eigenvalue weighted by Gasteiger charge is -2.25. The standard InChI is InChI=1S/C14H22ClN3O2/c1-14(2,3)11(19)9-18-13(20)16-7-6-10-4-5-12(15)17-8-10/h4-5,8,11,19H,6-7,9H2,1-3H3,(H2,16,18,20). The molecule has 0 aliphatic rings. The van der Waals surface area contributed by atoms with Crippen LogP contribution in [0.15, 0.2) is 18.3 Å². The Bertz CT molecular complexity index is 429. The summed E-state index contributed by atoms with van der Waals surface area (Å²) in [7, 11) is 0. The number of aromatic nitrogens is 1. The van der Waals surface area contributed by atoms with Gasteiger partial charge in [-0.1, -0.05) is 38.4 Å². The van der Waals surface area contributed by atoms with Gasteiger partial charge in [0.1, 0.15) is 5.15 Å². The number of pyridine rings is 1. The van der Waals surface area contributed by atoms with Crippen LogP contribution in [0.1, 0.15) is 26.3 Å². The van der Waals surface area contributed by atoms with E-state index in [1.807, 2.05) is 26.8 Å². The van der Waals surface area contributed by atoms with Gasteiger partial charge in [-0.2, -0.15) is 0 Å². The summed E-state index contributed by atoms with van der Waals surface area (Å²) < 4.78 is 0. The van der Waals surface area contributed by atoms with E-state index in [1.165, 1.54) is 0 Å². The van der Waals surface area contributed by atoms with E-state index in [9.17, 15) is 9.90 Å². The van der Waals surface area contributed by atoms with E-state index in [1.54, 1.807) is 12.3 Å². The smallest absolute Gasteiger partial charge is 0.314 e. The number of nitrogens with one attached hydrogen (secondary N) is 2. The van der Waals surface area contributed by atoms with Crippen molar-refractivity contribution < 1.29 is 9.90 Å². The molecular formula is C14H22ClN3O2. The van der Waals surface area contributed by atoms with E-state index in [-0.39, 0.29) is 18.0 Å². The molecule has 0 saturated heterocycles. The zero-order valence-electron chi connectivity index (χ0n) is 12.1. The van der Waals surface area contributed by atoms with Gasteiger partial charge in [0.05, 0.1) is 6.10 Å². The SMILES string of the molecule is CC(C)(C)C(O)CNC(=O)NCCc1ccc(Cl)nc1. The Morgan fingerprint density at radius 3 is 2.65 bits per heavy atom. The predicted octanol–water partition coefficient (Wildman–Crippen LogP) is 1.98. The highest BCUT2D eigenvalue weighted by Gasteiger charge is 2.22. The van der Waals surface area contributed by atoms with E-state index in [0.29, 0.717) is 18.1 Å². The van der Waals surface area contributed by atoms with E-state index in [2.05, 4.69) is 15.6 Å². The van der Waals surface area contributed by atoms with E-state index in [0.717, 1.165) is 5.56 Å². The van der Waals surface area contributed by atoms with Crippen LogP contribution in [0, 0.1) is 5.41 Å². The Morgan fingerprint density at radius 2 is 2.10 bits per heavy atom. The van der Waals surface area contributed by atoms with Crippen LogP contribution in [-0.2, 0) is 6.42 Å². The molecule has 0 radical (unpaired) electrons. The summed E-state index contributed by atoms with van der Waals surface area (Å²) in [5.41, 5.74) is 0.756. The minimum absolute atomic E-state index is 0.234. The third-order valence-corrected chi connectivity index (χ3v) is 3.17. The fourth-order valence-electron chi connectivity index (χ4n) is 1.43. The van der Waals surface area contributed by atoms with Gasteiger partial charge >= 0.3 is 6.03 Å². The van der Waals surface area contributed by atoms with Crippen LogP contribution in [0.5, 0.6) is 0 Å². The van der Waals surface area contributed by atoms with Crippen LogP contribution in [0.4, 0.5) is 4.79 Å². The third kappa shape index (κ3) is 6.21. The molecule has 2 amide bonds. The number of urea groups is 1. The Kier molecular flexibility index (Phi) is 6.23. The van der Waals surface area contributed by atoms with Crippen LogP contribution in [0.2, 0.25) is 5.15 Å². The molecule has 1 aromatic rings. The van der Waals surface area contributed by atoms with Crippen LogP contribution in [-0.4, -0.2) is 35.3 Å². The number of carbonyl (C=O) groups is 1. The molecule has 0 spiro atoms. The summed E-state index contributed by atoms with van der Waals surface area (Å²) in [4.78, 5) is 15.5. The van der Waals surface area contributed by atoms with Gasteiger partial charge in [-0.05, 0) is 23.5 Å². The molecule has 1 aromatic heterocycles. The lowest BCUT2D eigenvalue weighted by molar-refractivity contribution is 0.0650. The van der Waals surface area contributed by atoms with E-state index in [4.69, 9.17) is 11.6 Å². The fourth-order valence-corrected chi connectivity index (χ4v) is 1.54. The Morgan fingerprint density at radius 1 is 1.40 bits per heavy atom. The summed E-state index contributed by atoms with van der Waals surface area (Å²) in [6.45, 7) is 6.50. The normalized spacial score (nSPS) is 12.8. The molecule has 1 unspecified atom stereocenters. The maximum Gasteiger partial charge on any atom is 0.314 e. The summed E-state index contributed by atoms with van der Waals surface area (Å²) in [5, 5.41) is 15.6. The first kappa shape index (κ1) is 16.7. The lowest BCUT2D eigenvalue weighted by atomic mass is 9.89. The molecular weight excluding hydrogens is 278 g/mol. The maximum atomic E-state index is 11.5. The number of hydrogen-bond acceptors (Lipinski definition) is 3. The van der Waals surface area contributed by atoms with Gasteiger partial charge in [-0.25, -0.2) is 9.78 Å². The fraction of sp³-hybridized carbons (Fsp3) is 0.571. The molecule has 0 bridgehead atoms.